The third-order valence-electron chi connectivity index (χ3n) is 6.57. The SMILES string of the molecule is O=C(C1CCCN(Cc2nc(-c3ccc(Cl)cc3)no2)C1)N1CCN(c2ccccc2F)CC1. The number of likely N-dealkylation sites (tertiary alicyclic amines) is 1. The summed E-state index contributed by atoms with van der Waals surface area (Å²) in [5.74, 6) is 0.990. The van der Waals surface area contributed by atoms with Gasteiger partial charge in [0, 0.05) is 43.3 Å². The Kier molecular flexibility index (Phi) is 6.78. The molecule has 0 saturated carbocycles. The smallest absolute Gasteiger partial charge is 0.241 e. The van der Waals surface area contributed by atoms with E-state index in [1.807, 2.05) is 28.0 Å². The number of nitrogens with zero attached hydrogens (tertiary/aromatic N) is 5. The van der Waals surface area contributed by atoms with Crippen LogP contribution in [0.1, 0.15) is 18.7 Å². The van der Waals surface area contributed by atoms with Crippen LogP contribution in [0.3, 0.4) is 0 Å². The van der Waals surface area contributed by atoms with E-state index in [0.29, 0.717) is 61.7 Å². The van der Waals surface area contributed by atoms with Gasteiger partial charge in [-0.2, -0.15) is 4.98 Å². The van der Waals surface area contributed by atoms with Gasteiger partial charge in [-0.1, -0.05) is 28.9 Å². The number of aromatic nitrogens is 2. The summed E-state index contributed by atoms with van der Waals surface area (Å²) in [5.41, 5.74) is 1.46. The molecule has 2 aliphatic rings. The number of carbonyl (C=O) groups excluding carboxylic acids is 1. The summed E-state index contributed by atoms with van der Waals surface area (Å²) in [6.07, 6.45) is 1.83. The first-order chi connectivity index (χ1) is 16.6. The van der Waals surface area contributed by atoms with Crippen LogP contribution in [0.25, 0.3) is 11.4 Å². The van der Waals surface area contributed by atoms with Crippen LogP contribution >= 0.6 is 11.6 Å². The maximum atomic E-state index is 14.1. The average Bonchev–Trinajstić information content (AvgIpc) is 3.33. The number of hydrogen-bond donors (Lipinski definition) is 0. The Morgan fingerprint density at radius 1 is 1.06 bits per heavy atom. The standard InChI is InChI=1S/C25H27ClFN5O2/c26-20-9-7-18(8-10-20)24-28-23(34-29-24)17-30-11-3-4-19(16-30)25(33)32-14-12-31(13-15-32)22-6-2-1-5-21(22)27/h1-2,5-10,19H,3-4,11-17H2. The van der Waals surface area contributed by atoms with E-state index in [9.17, 15) is 9.18 Å². The fourth-order valence-electron chi connectivity index (χ4n) is 4.76. The Morgan fingerprint density at radius 2 is 1.82 bits per heavy atom. The molecule has 0 spiro atoms. The fourth-order valence-corrected chi connectivity index (χ4v) is 4.89. The Labute approximate surface area is 203 Å². The number of halogens is 2. The Hall–Kier alpha value is -2.97. The van der Waals surface area contributed by atoms with Crippen molar-refractivity contribution >= 4 is 23.2 Å². The summed E-state index contributed by atoms with van der Waals surface area (Å²) >= 11 is 5.95. The molecule has 1 amide bonds. The summed E-state index contributed by atoms with van der Waals surface area (Å²) in [4.78, 5) is 23.9. The van der Waals surface area contributed by atoms with E-state index < -0.39 is 0 Å². The second-order valence-electron chi connectivity index (χ2n) is 8.86. The zero-order chi connectivity index (χ0) is 23.5. The Balaban J connectivity index is 1.15. The molecule has 3 heterocycles. The van der Waals surface area contributed by atoms with Gasteiger partial charge in [-0.05, 0) is 55.8 Å². The number of piperidine rings is 1. The monoisotopic (exact) mass is 483 g/mol. The van der Waals surface area contributed by atoms with Crippen LogP contribution in [0.2, 0.25) is 5.02 Å². The lowest BCUT2D eigenvalue weighted by molar-refractivity contribution is -0.137. The molecule has 7 nitrogen and oxygen atoms in total. The van der Waals surface area contributed by atoms with Crippen molar-refractivity contribution in [2.24, 2.45) is 5.92 Å². The highest BCUT2D eigenvalue weighted by Gasteiger charge is 2.32. The van der Waals surface area contributed by atoms with Crippen LogP contribution in [-0.2, 0) is 11.3 Å². The maximum Gasteiger partial charge on any atom is 0.241 e. The van der Waals surface area contributed by atoms with Crippen molar-refractivity contribution in [2.75, 3.05) is 44.2 Å². The number of anilines is 1. The van der Waals surface area contributed by atoms with Gasteiger partial charge >= 0.3 is 0 Å². The zero-order valence-electron chi connectivity index (χ0n) is 18.9. The van der Waals surface area contributed by atoms with Crippen molar-refractivity contribution in [3.8, 4) is 11.4 Å². The van der Waals surface area contributed by atoms with E-state index in [1.54, 1.807) is 24.3 Å². The minimum Gasteiger partial charge on any atom is -0.366 e. The van der Waals surface area contributed by atoms with Crippen LogP contribution in [0.5, 0.6) is 0 Å². The predicted octanol–water partition coefficient (Wildman–Crippen LogP) is 4.09. The second-order valence-corrected chi connectivity index (χ2v) is 9.29. The third-order valence-corrected chi connectivity index (χ3v) is 6.82. The molecule has 178 valence electrons. The molecule has 5 rings (SSSR count). The minimum absolute atomic E-state index is 0.0487. The number of carbonyl (C=O) groups is 1. The van der Waals surface area contributed by atoms with E-state index in [4.69, 9.17) is 16.1 Å². The van der Waals surface area contributed by atoms with Gasteiger partial charge in [-0.15, -0.1) is 0 Å². The van der Waals surface area contributed by atoms with Crippen LogP contribution in [0.15, 0.2) is 53.1 Å². The Morgan fingerprint density at radius 3 is 2.59 bits per heavy atom. The molecule has 2 aromatic carbocycles. The van der Waals surface area contributed by atoms with Crippen molar-refractivity contribution in [2.45, 2.75) is 19.4 Å². The highest BCUT2D eigenvalue weighted by Crippen LogP contribution is 2.25. The summed E-state index contributed by atoms with van der Waals surface area (Å²) in [6.45, 7) is 4.58. The largest absolute Gasteiger partial charge is 0.366 e. The van der Waals surface area contributed by atoms with Gasteiger partial charge in [0.05, 0.1) is 18.2 Å². The van der Waals surface area contributed by atoms with Gasteiger partial charge in [-0.3, -0.25) is 9.69 Å². The van der Waals surface area contributed by atoms with Crippen LogP contribution in [0, 0.1) is 11.7 Å². The van der Waals surface area contributed by atoms with Crippen LogP contribution in [-0.4, -0.2) is 65.1 Å². The van der Waals surface area contributed by atoms with Crippen LogP contribution in [0.4, 0.5) is 10.1 Å². The minimum atomic E-state index is -0.217. The highest BCUT2D eigenvalue weighted by atomic mass is 35.5. The van der Waals surface area contributed by atoms with Gasteiger partial charge < -0.3 is 14.3 Å². The van der Waals surface area contributed by atoms with E-state index in [-0.39, 0.29) is 17.6 Å². The molecular formula is C25H27ClFN5O2. The van der Waals surface area contributed by atoms with E-state index in [1.165, 1.54) is 6.07 Å². The molecule has 0 N–H and O–H groups in total. The summed E-state index contributed by atoms with van der Waals surface area (Å²) in [5, 5.41) is 4.74. The number of rotatable bonds is 5. The molecule has 2 aliphatic heterocycles. The van der Waals surface area contributed by atoms with Crippen molar-refractivity contribution in [1.82, 2.24) is 19.9 Å². The van der Waals surface area contributed by atoms with Crippen molar-refractivity contribution in [3.63, 3.8) is 0 Å². The van der Waals surface area contributed by atoms with E-state index in [2.05, 4.69) is 15.0 Å². The summed E-state index contributed by atoms with van der Waals surface area (Å²) < 4.78 is 19.6. The third kappa shape index (κ3) is 5.08. The Bertz CT molecular complexity index is 1130. The number of amides is 1. The van der Waals surface area contributed by atoms with Crippen molar-refractivity contribution in [1.29, 1.82) is 0 Å². The fraction of sp³-hybridized carbons (Fsp3) is 0.400. The summed E-state index contributed by atoms with van der Waals surface area (Å²) in [7, 11) is 0. The number of piperazine rings is 1. The topological polar surface area (TPSA) is 65.7 Å². The number of hydrogen-bond acceptors (Lipinski definition) is 6. The molecule has 3 aromatic rings. The first-order valence-corrected chi connectivity index (χ1v) is 12.0. The molecular weight excluding hydrogens is 457 g/mol. The number of para-hydroxylation sites is 1. The van der Waals surface area contributed by atoms with Gasteiger partial charge in [0.1, 0.15) is 5.82 Å². The second kappa shape index (κ2) is 10.1. The molecule has 2 fully saturated rings. The van der Waals surface area contributed by atoms with Crippen LogP contribution < -0.4 is 4.90 Å². The molecule has 9 heteroatoms. The number of benzene rings is 2. The molecule has 1 atom stereocenters. The molecule has 1 aromatic heterocycles. The molecule has 34 heavy (non-hydrogen) atoms. The quantitative estimate of drug-likeness (QED) is 0.544. The normalized spacial score (nSPS) is 19.4. The van der Waals surface area contributed by atoms with E-state index >= 15 is 0 Å². The lowest BCUT2D eigenvalue weighted by Gasteiger charge is -2.39. The van der Waals surface area contributed by atoms with Gasteiger partial charge in [-0.25, -0.2) is 4.39 Å². The molecule has 2 saturated heterocycles. The molecule has 0 radical (unpaired) electrons. The maximum absolute atomic E-state index is 14.1. The van der Waals surface area contributed by atoms with Gasteiger partial charge in [0.15, 0.2) is 0 Å². The molecule has 0 bridgehead atoms. The molecule has 0 aliphatic carbocycles. The first-order valence-electron chi connectivity index (χ1n) is 11.7. The summed E-state index contributed by atoms with van der Waals surface area (Å²) in [6, 6.07) is 14.1. The average molecular weight is 484 g/mol. The van der Waals surface area contributed by atoms with E-state index in [0.717, 1.165) is 24.9 Å². The van der Waals surface area contributed by atoms with Gasteiger partial charge in [0.2, 0.25) is 17.6 Å². The van der Waals surface area contributed by atoms with Crippen molar-refractivity contribution < 1.29 is 13.7 Å². The lowest BCUT2D eigenvalue weighted by Crippen LogP contribution is -2.52. The highest BCUT2D eigenvalue weighted by molar-refractivity contribution is 6.30. The van der Waals surface area contributed by atoms with Crippen molar-refractivity contribution in [3.05, 3.63) is 65.3 Å². The predicted molar refractivity (Wildman–Crippen MR) is 128 cm³/mol. The zero-order valence-corrected chi connectivity index (χ0v) is 19.6. The lowest BCUT2D eigenvalue weighted by atomic mass is 9.96. The molecule has 1 unspecified atom stereocenters. The first kappa shape index (κ1) is 22.8. The van der Waals surface area contributed by atoms with Gasteiger partial charge in [0.25, 0.3) is 0 Å².